The van der Waals surface area contributed by atoms with E-state index in [1.807, 2.05) is 19.1 Å². The lowest BCUT2D eigenvalue weighted by Crippen LogP contribution is -2.29. The first kappa shape index (κ1) is 20.8. The molecule has 0 fully saturated rings. The maximum Gasteiger partial charge on any atom is 0.437 e. The van der Waals surface area contributed by atoms with Crippen LogP contribution in [0.5, 0.6) is 5.75 Å². The second-order valence-corrected chi connectivity index (χ2v) is 8.06. The quantitative estimate of drug-likeness (QED) is 0.683. The number of aryl methyl sites for hydroxylation is 1. The molecule has 3 aromatic rings. The highest BCUT2D eigenvalue weighted by molar-refractivity contribution is 5.51. The van der Waals surface area contributed by atoms with Gasteiger partial charge in [-0.1, -0.05) is 32.9 Å². The maximum absolute atomic E-state index is 13.0. The molecule has 0 bridgehead atoms. The highest BCUT2D eigenvalue weighted by Crippen LogP contribution is 2.27. The first-order valence-electron chi connectivity index (χ1n) is 9.39. The number of aliphatic hydroxyl groups is 1. The first-order valence-corrected chi connectivity index (χ1v) is 9.39. The van der Waals surface area contributed by atoms with Crippen molar-refractivity contribution in [2.24, 2.45) is 0 Å². The van der Waals surface area contributed by atoms with Crippen LogP contribution in [-0.4, -0.2) is 27.6 Å². The number of hydrogen-bond donors (Lipinski definition) is 1. The van der Waals surface area contributed by atoms with Crippen LogP contribution in [0.2, 0.25) is 0 Å². The molecule has 1 aromatic heterocycles. The Morgan fingerprint density at radius 2 is 1.90 bits per heavy atom. The van der Waals surface area contributed by atoms with Crippen LogP contribution in [0.4, 0.5) is 4.39 Å². The number of halogens is 1. The zero-order chi connectivity index (χ0) is 21.2. The van der Waals surface area contributed by atoms with E-state index in [1.165, 1.54) is 29.8 Å². The summed E-state index contributed by atoms with van der Waals surface area (Å²) in [5.41, 5.74) is 2.69. The molecule has 6 nitrogen and oxygen atoms in total. The van der Waals surface area contributed by atoms with E-state index < -0.39 is 17.7 Å². The van der Waals surface area contributed by atoms with Crippen LogP contribution < -0.4 is 10.5 Å². The van der Waals surface area contributed by atoms with Crippen molar-refractivity contribution < 1.29 is 18.7 Å². The van der Waals surface area contributed by atoms with Gasteiger partial charge in [-0.05, 0) is 53.8 Å². The van der Waals surface area contributed by atoms with Crippen LogP contribution in [-0.2, 0) is 12.0 Å². The van der Waals surface area contributed by atoms with Crippen LogP contribution in [0.1, 0.15) is 31.9 Å². The monoisotopic (exact) mass is 400 g/mol. The number of aliphatic hydroxyl groups excluding tert-OH is 1. The third-order valence-corrected chi connectivity index (χ3v) is 4.55. The van der Waals surface area contributed by atoms with E-state index in [0.29, 0.717) is 11.3 Å². The van der Waals surface area contributed by atoms with Gasteiger partial charge in [-0.25, -0.2) is 9.18 Å². The van der Waals surface area contributed by atoms with E-state index >= 15 is 0 Å². The van der Waals surface area contributed by atoms with Gasteiger partial charge in [0.25, 0.3) is 0 Å². The molecule has 1 N–H and O–H groups in total. The predicted octanol–water partition coefficient (Wildman–Crippen LogP) is 3.69. The SMILES string of the molecule is Cc1cc(C(C)(C)C)ccc1OCC(O)Cn1nc(-c2ccc(F)cc2)oc1=O. The molecule has 0 amide bonds. The van der Waals surface area contributed by atoms with Crippen molar-refractivity contribution in [3.63, 3.8) is 0 Å². The molecule has 1 unspecified atom stereocenters. The van der Waals surface area contributed by atoms with Gasteiger partial charge in [0.05, 0.1) is 6.54 Å². The molecule has 0 aliphatic heterocycles. The van der Waals surface area contributed by atoms with Gasteiger partial charge in [-0.15, -0.1) is 5.10 Å². The summed E-state index contributed by atoms with van der Waals surface area (Å²) in [7, 11) is 0. The normalized spacial score (nSPS) is 12.8. The van der Waals surface area contributed by atoms with Crippen molar-refractivity contribution >= 4 is 0 Å². The Kier molecular flexibility index (Phi) is 5.88. The number of hydrogen-bond acceptors (Lipinski definition) is 5. The number of rotatable bonds is 6. The van der Waals surface area contributed by atoms with Crippen molar-refractivity contribution in [3.05, 3.63) is 70.0 Å². The first-order chi connectivity index (χ1) is 13.6. The largest absolute Gasteiger partial charge is 0.491 e. The van der Waals surface area contributed by atoms with Gasteiger partial charge in [0.15, 0.2) is 0 Å². The van der Waals surface area contributed by atoms with Gasteiger partial charge in [0.1, 0.15) is 24.3 Å². The Hall–Kier alpha value is -2.93. The molecule has 29 heavy (non-hydrogen) atoms. The minimum absolute atomic E-state index is 0.000879. The van der Waals surface area contributed by atoms with Crippen LogP contribution >= 0.6 is 0 Å². The van der Waals surface area contributed by atoms with Gasteiger partial charge >= 0.3 is 5.76 Å². The average Bonchev–Trinajstić information content (AvgIpc) is 3.01. The van der Waals surface area contributed by atoms with E-state index in [1.54, 1.807) is 0 Å². The zero-order valence-corrected chi connectivity index (χ0v) is 17.0. The molecule has 3 rings (SSSR count). The molecule has 0 radical (unpaired) electrons. The van der Waals surface area contributed by atoms with Crippen LogP contribution in [0.25, 0.3) is 11.5 Å². The minimum atomic E-state index is -0.958. The van der Waals surface area contributed by atoms with Gasteiger partial charge in [-0.3, -0.25) is 0 Å². The molecule has 0 saturated heterocycles. The Morgan fingerprint density at radius 3 is 2.52 bits per heavy atom. The smallest absolute Gasteiger partial charge is 0.437 e. The van der Waals surface area contributed by atoms with Gasteiger partial charge < -0.3 is 14.3 Å². The summed E-state index contributed by atoms with van der Waals surface area (Å²) in [6.07, 6.45) is -0.958. The summed E-state index contributed by atoms with van der Waals surface area (Å²) < 4.78 is 24.9. The second-order valence-electron chi connectivity index (χ2n) is 8.06. The van der Waals surface area contributed by atoms with E-state index in [-0.39, 0.29) is 24.5 Å². The molecule has 0 aliphatic rings. The molecule has 0 aliphatic carbocycles. The van der Waals surface area contributed by atoms with Crippen LogP contribution in [0, 0.1) is 12.7 Å². The lowest BCUT2D eigenvalue weighted by Gasteiger charge is -2.21. The zero-order valence-electron chi connectivity index (χ0n) is 17.0. The summed E-state index contributed by atoms with van der Waals surface area (Å²) in [5, 5.41) is 14.3. The fourth-order valence-corrected chi connectivity index (χ4v) is 2.85. The third-order valence-electron chi connectivity index (χ3n) is 4.55. The number of aromatic nitrogens is 2. The van der Waals surface area contributed by atoms with Crippen molar-refractivity contribution in [2.45, 2.75) is 45.8 Å². The minimum Gasteiger partial charge on any atom is -0.491 e. The summed E-state index contributed by atoms with van der Waals surface area (Å²) in [5.74, 6) is -0.351. The second kappa shape index (κ2) is 8.21. The highest BCUT2D eigenvalue weighted by atomic mass is 19.1. The lowest BCUT2D eigenvalue weighted by molar-refractivity contribution is 0.0872. The third kappa shape index (κ3) is 5.12. The van der Waals surface area contributed by atoms with E-state index in [0.717, 1.165) is 10.2 Å². The average molecular weight is 400 g/mol. The highest BCUT2D eigenvalue weighted by Gasteiger charge is 2.17. The fraction of sp³-hybridized carbons (Fsp3) is 0.364. The Bertz CT molecular complexity index is 1030. The topological polar surface area (TPSA) is 77.5 Å². The van der Waals surface area contributed by atoms with Gasteiger partial charge in [0.2, 0.25) is 5.89 Å². The Morgan fingerprint density at radius 1 is 1.21 bits per heavy atom. The molecule has 0 spiro atoms. The predicted molar refractivity (Wildman–Crippen MR) is 108 cm³/mol. The number of ether oxygens (including phenoxy) is 1. The molecule has 1 heterocycles. The van der Waals surface area contributed by atoms with E-state index in [2.05, 4.69) is 31.9 Å². The van der Waals surface area contributed by atoms with E-state index in [9.17, 15) is 14.3 Å². The van der Waals surface area contributed by atoms with Crippen molar-refractivity contribution in [2.75, 3.05) is 6.61 Å². The fourth-order valence-electron chi connectivity index (χ4n) is 2.85. The molecule has 7 heteroatoms. The Labute approximate surface area is 168 Å². The summed E-state index contributed by atoms with van der Waals surface area (Å²) in [4.78, 5) is 12.0. The van der Waals surface area contributed by atoms with Crippen molar-refractivity contribution in [1.82, 2.24) is 9.78 Å². The van der Waals surface area contributed by atoms with Gasteiger partial charge in [0, 0.05) is 5.56 Å². The molecular weight excluding hydrogens is 375 g/mol. The summed E-state index contributed by atoms with van der Waals surface area (Å²) in [6, 6.07) is 11.4. The lowest BCUT2D eigenvalue weighted by atomic mass is 9.86. The molecule has 2 aromatic carbocycles. The maximum atomic E-state index is 13.0. The summed E-state index contributed by atoms with van der Waals surface area (Å²) >= 11 is 0. The van der Waals surface area contributed by atoms with Crippen LogP contribution in [0.15, 0.2) is 51.7 Å². The van der Waals surface area contributed by atoms with Crippen molar-refractivity contribution in [3.8, 4) is 17.2 Å². The number of benzene rings is 2. The van der Waals surface area contributed by atoms with E-state index in [4.69, 9.17) is 9.15 Å². The Balaban J connectivity index is 1.63. The molecular formula is C22H25FN2O4. The van der Waals surface area contributed by atoms with Crippen LogP contribution in [0.3, 0.4) is 0 Å². The number of nitrogens with zero attached hydrogens (tertiary/aromatic N) is 2. The van der Waals surface area contributed by atoms with Crippen molar-refractivity contribution in [1.29, 1.82) is 0 Å². The molecule has 0 saturated carbocycles. The molecule has 1 atom stereocenters. The van der Waals surface area contributed by atoms with Gasteiger partial charge in [-0.2, -0.15) is 4.68 Å². The molecule has 154 valence electrons. The standard InChI is InChI=1S/C22H25FN2O4/c1-14-11-16(22(2,3)4)7-10-19(14)28-13-18(26)12-25-21(27)29-20(24-25)15-5-8-17(23)9-6-15/h5-11,18,26H,12-13H2,1-4H3. The summed E-state index contributed by atoms with van der Waals surface area (Å²) in [6.45, 7) is 8.29.